The maximum absolute atomic E-state index is 6.11. The molecule has 0 radical (unpaired) electrons. The first-order valence-electron chi connectivity index (χ1n) is 6.98. The zero-order valence-electron chi connectivity index (χ0n) is 11.6. The van der Waals surface area contributed by atoms with Gasteiger partial charge < -0.3 is 5.73 Å². The summed E-state index contributed by atoms with van der Waals surface area (Å²) in [5, 5.41) is 0. The first kappa shape index (κ1) is 14.0. The molecular weight excluding hydrogens is 196 g/mol. The summed E-state index contributed by atoms with van der Waals surface area (Å²) >= 11 is 0. The number of nitrogens with two attached hydrogens (primary N) is 1. The number of rotatable bonds is 5. The van der Waals surface area contributed by atoms with Crippen LogP contribution in [0.15, 0.2) is 0 Å². The van der Waals surface area contributed by atoms with E-state index in [1.54, 1.807) is 0 Å². The summed E-state index contributed by atoms with van der Waals surface area (Å²) in [6.45, 7) is 9.02. The van der Waals surface area contributed by atoms with E-state index in [0.29, 0.717) is 0 Å². The van der Waals surface area contributed by atoms with E-state index in [9.17, 15) is 0 Å². The maximum atomic E-state index is 6.11. The minimum absolute atomic E-state index is 0.279. The Labute approximate surface area is 102 Å². The van der Waals surface area contributed by atoms with Gasteiger partial charge in [-0.25, -0.2) is 0 Å². The molecule has 0 aliphatic heterocycles. The Kier molecular flexibility index (Phi) is 5.26. The lowest BCUT2D eigenvalue weighted by atomic mass is 9.72. The molecule has 0 saturated heterocycles. The van der Waals surface area contributed by atoms with Crippen LogP contribution in [-0.2, 0) is 0 Å². The van der Waals surface area contributed by atoms with Crippen molar-refractivity contribution in [3.8, 4) is 0 Å². The van der Waals surface area contributed by atoms with Crippen LogP contribution in [0.4, 0.5) is 0 Å². The third-order valence-electron chi connectivity index (χ3n) is 4.81. The molecule has 1 saturated carbocycles. The SMILES string of the molecule is CCC(C)CN(C)C1(CN)CCCCC1C. The van der Waals surface area contributed by atoms with Crippen LogP contribution < -0.4 is 5.73 Å². The highest BCUT2D eigenvalue weighted by molar-refractivity contribution is 4.97. The van der Waals surface area contributed by atoms with Gasteiger partial charge in [-0.3, -0.25) is 4.90 Å². The van der Waals surface area contributed by atoms with E-state index in [1.165, 1.54) is 38.6 Å². The molecule has 1 fully saturated rings. The second-order valence-electron chi connectivity index (χ2n) is 5.85. The molecule has 2 nitrogen and oxygen atoms in total. The van der Waals surface area contributed by atoms with E-state index < -0.39 is 0 Å². The predicted molar refractivity (Wildman–Crippen MR) is 71.5 cm³/mol. The summed E-state index contributed by atoms with van der Waals surface area (Å²) < 4.78 is 0. The Bertz CT molecular complexity index is 205. The number of hydrogen-bond acceptors (Lipinski definition) is 2. The van der Waals surface area contributed by atoms with Gasteiger partial charge in [-0.05, 0) is 31.7 Å². The Morgan fingerprint density at radius 3 is 2.62 bits per heavy atom. The van der Waals surface area contributed by atoms with Crippen LogP contribution in [0.1, 0.15) is 52.9 Å². The van der Waals surface area contributed by atoms with Gasteiger partial charge in [-0.15, -0.1) is 0 Å². The molecule has 0 heterocycles. The lowest BCUT2D eigenvalue weighted by molar-refractivity contribution is 0.0240. The fourth-order valence-corrected chi connectivity index (χ4v) is 3.20. The largest absolute Gasteiger partial charge is 0.329 e. The molecule has 0 amide bonds. The molecule has 0 aromatic rings. The fourth-order valence-electron chi connectivity index (χ4n) is 3.20. The van der Waals surface area contributed by atoms with Gasteiger partial charge in [0.1, 0.15) is 0 Å². The van der Waals surface area contributed by atoms with Crippen molar-refractivity contribution in [2.75, 3.05) is 20.1 Å². The monoisotopic (exact) mass is 226 g/mol. The average molecular weight is 226 g/mol. The van der Waals surface area contributed by atoms with Crippen molar-refractivity contribution in [3.63, 3.8) is 0 Å². The quantitative estimate of drug-likeness (QED) is 0.781. The Morgan fingerprint density at radius 1 is 1.44 bits per heavy atom. The summed E-state index contributed by atoms with van der Waals surface area (Å²) in [6, 6.07) is 0. The Balaban J connectivity index is 2.69. The van der Waals surface area contributed by atoms with Gasteiger partial charge in [0.05, 0.1) is 0 Å². The Hall–Kier alpha value is -0.0800. The molecule has 96 valence electrons. The summed E-state index contributed by atoms with van der Waals surface area (Å²) in [5.41, 5.74) is 6.38. The summed E-state index contributed by atoms with van der Waals surface area (Å²) in [6.07, 6.45) is 6.64. The van der Waals surface area contributed by atoms with E-state index in [-0.39, 0.29) is 5.54 Å². The number of likely N-dealkylation sites (N-methyl/N-ethyl adjacent to an activating group) is 1. The summed E-state index contributed by atoms with van der Waals surface area (Å²) in [5.74, 6) is 1.53. The third kappa shape index (κ3) is 2.78. The standard InChI is InChI=1S/C14H30N2/c1-5-12(2)10-16(4)14(11-15)9-7-6-8-13(14)3/h12-13H,5-11,15H2,1-4H3. The van der Waals surface area contributed by atoms with Crippen molar-refractivity contribution in [1.82, 2.24) is 4.90 Å². The lowest BCUT2D eigenvalue weighted by Crippen LogP contribution is -2.58. The molecule has 3 atom stereocenters. The molecule has 0 spiro atoms. The lowest BCUT2D eigenvalue weighted by Gasteiger charge is -2.49. The molecule has 0 aromatic carbocycles. The van der Waals surface area contributed by atoms with Crippen LogP contribution in [0.25, 0.3) is 0 Å². The van der Waals surface area contributed by atoms with E-state index in [2.05, 4.69) is 32.7 Å². The Morgan fingerprint density at radius 2 is 2.12 bits per heavy atom. The highest BCUT2D eigenvalue weighted by Gasteiger charge is 2.40. The summed E-state index contributed by atoms with van der Waals surface area (Å²) in [4.78, 5) is 2.56. The molecule has 0 bridgehead atoms. The highest BCUT2D eigenvalue weighted by atomic mass is 15.2. The van der Waals surface area contributed by atoms with Gasteiger partial charge >= 0.3 is 0 Å². The number of nitrogens with zero attached hydrogens (tertiary/aromatic N) is 1. The van der Waals surface area contributed by atoms with Crippen LogP contribution in [0.3, 0.4) is 0 Å². The first-order valence-corrected chi connectivity index (χ1v) is 6.98. The van der Waals surface area contributed by atoms with Gasteiger partial charge in [0.15, 0.2) is 0 Å². The van der Waals surface area contributed by atoms with E-state index in [1.807, 2.05) is 0 Å². The van der Waals surface area contributed by atoms with Crippen LogP contribution in [0, 0.1) is 11.8 Å². The smallest absolute Gasteiger partial charge is 0.0354 e. The van der Waals surface area contributed by atoms with E-state index in [4.69, 9.17) is 5.73 Å². The molecule has 1 aliphatic rings. The zero-order valence-corrected chi connectivity index (χ0v) is 11.6. The maximum Gasteiger partial charge on any atom is 0.0354 e. The van der Waals surface area contributed by atoms with Crippen molar-refractivity contribution in [3.05, 3.63) is 0 Å². The van der Waals surface area contributed by atoms with Gasteiger partial charge in [0.25, 0.3) is 0 Å². The third-order valence-corrected chi connectivity index (χ3v) is 4.81. The molecule has 16 heavy (non-hydrogen) atoms. The molecular formula is C14H30N2. The van der Waals surface area contributed by atoms with Crippen molar-refractivity contribution >= 4 is 0 Å². The van der Waals surface area contributed by atoms with Crippen molar-refractivity contribution in [2.24, 2.45) is 17.6 Å². The zero-order chi connectivity index (χ0) is 12.2. The average Bonchev–Trinajstić information content (AvgIpc) is 2.29. The second kappa shape index (κ2) is 6.02. The van der Waals surface area contributed by atoms with Crippen molar-refractivity contribution in [2.45, 2.75) is 58.4 Å². The molecule has 2 heteroatoms. The van der Waals surface area contributed by atoms with Crippen molar-refractivity contribution < 1.29 is 0 Å². The van der Waals surface area contributed by atoms with Crippen LogP contribution in [0.5, 0.6) is 0 Å². The van der Waals surface area contributed by atoms with Gasteiger partial charge in [-0.1, -0.05) is 40.0 Å². The van der Waals surface area contributed by atoms with Crippen LogP contribution in [-0.4, -0.2) is 30.6 Å². The topological polar surface area (TPSA) is 29.3 Å². The van der Waals surface area contributed by atoms with Gasteiger partial charge in [0, 0.05) is 18.6 Å². The molecule has 0 aromatic heterocycles. The van der Waals surface area contributed by atoms with E-state index in [0.717, 1.165) is 18.4 Å². The summed E-state index contributed by atoms with van der Waals surface area (Å²) in [7, 11) is 2.28. The molecule has 2 N–H and O–H groups in total. The highest BCUT2D eigenvalue weighted by Crippen LogP contribution is 2.37. The number of hydrogen-bond donors (Lipinski definition) is 1. The fraction of sp³-hybridized carbons (Fsp3) is 1.00. The molecule has 1 aliphatic carbocycles. The minimum atomic E-state index is 0.279. The minimum Gasteiger partial charge on any atom is -0.329 e. The second-order valence-corrected chi connectivity index (χ2v) is 5.85. The molecule has 1 rings (SSSR count). The van der Waals surface area contributed by atoms with Crippen LogP contribution in [0.2, 0.25) is 0 Å². The van der Waals surface area contributed by atoms with Gasteiger partial charge in [-0.2, -0.15) is 0 Å². The van der Waals surface area contributed by atoms with E-state index >= 15 is 0 Å². The first-order chi connectivity index (χ1) is 7.56. The van der Waals surface area contributed by atoms with Crippen LogP contribution >= 0.6 is 0 Å². The predicted octanol–water partition coefficient (Wildman–Crippen LogP) is 2.87. The normalized spacial score (nSPS) is 33.0. The molecule has 3 unspecified atom stereocenters. The van der Waals surface area contributed by atoms with Crippen molar-refractivity contribution in [1.29, 1.82) is 0 Å². The van der Waals surface area contributed by atoms with Gasteiger partial charge in [0.2, 0.25) is 0 Å².